The summed E-state index contributed by atoms with van der Waals surface area (Å²) in [5, 5.41) is 10.4. The fourth-order valence-electron chi connectivity index (χ4n) is 4.50. The fourth-order valence-corrected chi connectivity index (χ4v) is 5.41. The van der Waals surface area contributed by atoms with Crippen LogP contribution in [0.15, 0.2) is 53.7 Å². The molecule has 8 heteroatoms. The summed E-state index contributed by atoms with van der Waals surface area (Å²) in [6, 6.07) is 15.7. The van der Waals surface area contributed by atoms with E-state index in [4.69, 9.17) is 9.47 Å². The number of aromatic nitrogens is 4. The van der Waals surface area contributed by atoms with Gasteiger partial charge in [0.1, 0.15) is 5.75 Å². The molecule has 1 saturated heterocycles. The Hall–Kier alpha value is -3.10. The molecule has 2 aromatic carbocycles. The number of hydrogen-bond donors (Lipinski definition) is 1. The topological polar surface area (TPSA) is 82.0 Å². The summed E-state index contributed by atoms with van der Waals surface area (Å²) < 4.78 is 13.3. The molecule has 0 bridgehead atoms. The van der Waals surface area contributed by atoms with E-state index in [9.17, 15) is 4.79 Å². The molecular weight excluding hydrogens is 448 g/mol. The van der Waals surface area contributed by atoms with Gasteiger partial charge in [-0.25, -0.2) is 0 Å². The third-order valence-electron chi connectivity index (χ3n) is 6.27. The van der Waals surface area contributed by atoms with Gasteiger partial charge in [-0.05, 0) is 57.0 Å². The number of methoxy groups -OCH3 is 1. The van der Waals surface area contributed by atoms with Crippen LogP contribution in [0.1, 0.15) is 35.8 Å². The van der Waals surface area contributed by atoms with Gasteiger partial charge in [0.15, 0.2) is 16.8 Å². The van der Waals surface area contributed by atoms with Gasteiger partial charge in [0.2, 0.25) is 0 Å². The quantitative estimate of drug-likeness (QED) is 0.275. The van der Waals surface area contributed by atoms with Gasteiger partial charge >= 0.3 is 0 Å². The first-order valence-corrected chi connectivity index (χ1v) is 12.4. The van der Waals surface area contributed by atoms with E-state index >= 15 is 0 Å². The monoisotopic (exact) mass is 476 g/mol. The fraction of sp³-hybridized carbons (Fsp3) is 0.346. The minimum absolute atomic E-state index is 0.0811. The minimum Gasteiger partial charge on any atom is -0.497 e. The van der Waals surface area contributed by atoms with Crippen molar-refractivity contribution < 1.29 is 14.3 Å². The Bertz CT molecular complexity index is 1310. The largest absolute Gasteiger partial charge is 0.497 e. The first kappa shape index (κ1) is 22.7. The summed E-state index contributed by atoms with van der Waals surface area (Å²) in [6.07, 6.45) is 2.18. The lowest BCUT2D eigenvalue weighted by atomic mass is 10.1. The Balaban J connectivity index is 1.45. The van der Waals surface area contributed by atoms with Crippen LogP contribution in [0, 0.1) is 6.92 Å². The lowest BCUT2D eigenvalue weighted by Crippen LogP contribution is -2.19. The van der Waals surface area contributed by atoms with E-state index in [0.29, 0.717) is 6.54 Å². The molecule has 1 N–H and O–H groups in total. The van der Waals surface area contributed by atoms with E-state index in [0.717, 1.165) is 63.9 Å². The Labute approximate surface area is 202 Å². The minimum atomic E-state index is -0.325. The van der Waals surface area contributed by atoms with Crippen LogP contribution in [-0.4, -0.2) is 50.6 Å². The van der Waals surface area contributed by atoms with Crippen molar-refractivity contribution in [1.29, 1.82) is 0 Å². The number of rotatable bonds is 8. The van der Waals surface area contributed by atoms with E-state index in [-0.39, 0.29) is 17.1 Å². The third kappa shape index (κ3) is 4.35. The summed E-state index contributed by atoms with van der Waals surface area (Å²) in [6.45, 7) is 5.32. The van der Waals surface area contributed by atoms with Crippen molar-refractivity contribution in [3.63, 3.8) is 0 Å². The molecule has 0 unspecified atom stereocenters. The van der Waals surface area contributed by atoms with Crippen LogP contribution < -0.4 is 4.74 Å². The Morgan fingerprint density at radius 3 is 2.76 bits per heavy atom. The van der Waals surface area contributed by atoms with Crippen LogP contribution in [-0.2, 0) is 11.3 Å². The van der Waals surface area contributed by atoms with Gasteiger partial charge in [0, 0.05) is 34.3 Å². The summed E-state index contributed by atoms with van der Waals surface area (Å²) in [5.74, 6) is 1.64. The normalized spacial score (nSPS) is 16.7. The smallest absolute Gasteiger partial charge is 0.192 e. The van der Waals surface area contributed by atoms with Crippen LogP contribution >= 0.6 is 11.8 Å². The number of para-hydroxylation sites is 1. The average molecular weight is 477 g/mol. The third-order valence-corrected chi connectivity index (χ3v) is 7.35. The van der Waals surface area contributed by atoms with Crippen molar-refractivity contribution in [2.45, 2.75) is 49.7 Å². The van der Waals surface area contributed by atoms with Crippen molar-refractivity contribution in [1.82, 2.24) is 19.7 Å². The number of fused-ring (bicyclic) bond motifs is 1. The van der Waals surface area contributed by atoms with Crippen LogP contribution in [0.4, 0.5) is 0 Å². The van der Waals surface area contributed by atoms with E-state index in [1.807, 2.05) is 62.4 Å². The Morgan fingerprint density at radius 1 is 1.24 bits per heavy atom. The predicted octanol–water partition coefficient (Wildman–Crippen LogP) is 5.29. The molecule has 0 aliphatic carbocycles. The van der Waals surface area contributed by atoms with E-state index in [2.05, 4.69) is 19.7 Å². The Kier molecular flexibility index (Phi) is 6.43. The maximum absolute atomic E-state index is 13.5. The molecule has 176 valence electrons. The highest BCUT2D eigenvalue weighted by Crippen LogP contribution is 2.32. The highest BCUT2D eigenvalue weighted by Gasteiger charge is 2.27. The second kappa shape index (κ2) is 9.64. The number of nitrogens with zero attached hydrogens (tertiary/aromatic N) is 3. The first-order chi connectivity index (χ1) is 16.5. The molecule has 0 amide bonds. The van der Waals surface area contributed by atoms with Crippen molar-refractivity contribution >= 4 is 28.4 Å². The summed E-state index contributed by atoms with van der Waals surface area (Å²) in [4.78, 5) is 16.8. The molecule has 34 heavy (non-hydrogen) atoms. The summed E-state index contributed by atoms with van der Waals surface area (Å²) >= 11 is 1.45. The number of nitrogens with one attached hydrogen (secondary N) is 1. The number of hydrogen-bond acceptors (Lipinski definition) is 6. The van der Waals surface area contributed by atoms with Gasteiger partial charge in [-0.2, -0.15) is 0 Å². The molecule has 5 rings (SSSR count). The van der Waals surface area contributed by atoms with Gasteiger partial charge in [0.25, 0.3) is 0 Å². The van der Waals surface area contributed by atoms with Crippen molar-refractivity contribution in [3.05, 3.63) is 59.8 Å². The highest BCUT2D eigenvalue weighted by atomic mass is 32.2. The molecule has 2 atom stereocenters. The lowest BCUT2D eigenvalue weighted by Gasteiger charge is -2.16. The zero-order chi connectivity index (χ0) is 23.7. The highest BCUT2D eigenvalue weighted by molar-refractivity contribution is 8.00. The second-order valence-corrected chi connectivity index (χ2v) is 9.88. The Morgan fingerprint density at radius 2 is 2.03 bits per heavy atom. The molecule has 2 aromatic heterocycles. The molecule has 0 saturated carbocycles. The van der Waals surface area contributed by atoms with Crippen LogP contribution in [0.25, 0.3) is 22.3 Å². The summed E-state index contributed by atoms with van der Waals surface area (Å²) in [7, 11) is 1.65. The van der Waals surface area contributed by atoms with Crippen molar-refractivity contribution in [2.24, 2.45) is 0 Å². The number of aryl methyl sites for hydroxylation is 1. The molecule has 1 fully saturated rings. The number of benzene rings is 2. The SMILES string of the molecule is COc1ccc(-c2nnc(S[C@@H](C)C(=O)c3c(C)[nH]c4ccccc34)n2C[C@@H]2CCCO2)cc1. The van der Waals surface area contributed by atoms with Crippen LogP contribution in [0.5, 0.6) is 5.75 Å². The molecule has 1 aliphatic rings. The van der Waals surface area contributed by atoms with Crippen LogP contribution in [0.2, 0.25) is 0 Å². The number of carbonyl (C=O) groups is 1. The molecule has 3 heterocycles. The van der Waals surface area contributed by atoms with Crippen LogP contribution in [0.3, 0.4) is 0 Å². The molecular formula is C26H28N4O3S. The molecule has 0 radical (unpaired) electrons. The first-order valence-electron chi connectivity index (χ1n) is 11.5. The number of ketones is 1. The average Bonchev–Trinajstić information content (AvgIpc) is 3.58. The number of thioether (sulfide) groups is 1. The van der Waals surface area contributed by atoms with E-state index < -0.39 is 0 Å². The zero-order valence-electron chi connectivity index (χ0n) is 19.6. The van der Waals surface area contributed by atoms with E-state index in [1.165, 1.54) is 11.8 Å². The molecule has 0 spiro atoms. The van der Waals surface area contributed by atoms with E-state index in [1.54, 1.807) is 7.11 Å². The predicted molar refractivity (Wildman–Crippen MR) is 134 cm³/mol. The number of Topliss-reactive ketones (excluding diaryl/α,β-unsaturated/α-hetero) is 1. The van der Waals surface area contributed by atoms with Gasteiger partial charge in [-0.1, -0.05) is 30.0 Å². The summed E-state index contributed by atoms with van der Waals surface area (Å²) in [5.41, 5.74) is 3.56. The standard InChI is InChI=1S/C26H28N4O3S/c1-16-23(21-8-4-5-9-22(21)27-16)24(31)17(2)34-26-29-28-25(18-10-12-19(32-3)13-11-18)30(26)15-20-7-6-14-33-20/h4-5,8-13,17,20,27H,6-7,14-15H2,1-3H3/t17-,20-/m0/s1. The maximum atomic E-state index is 13.5. The maximum Gasteiger partial charge on any atom is 0.192 e. The lowest BCUT2D eigenvalue weighted by molar-refractivity contribution is 0.0953. The van der Waals surface area contributed by atoms with Gasteiger partial charge < -0.3 is 14.5 Å². The molecule has 1 aliphatic heterocycles. The van der Waals surface area contributed by atoms with Crippen molar-refractivity contribution in [2.75, 3.05) is 13.7 Å². The second-order valence-electron chi connectivity index (χ2n) is 8.58. The number of H-pyrrole nitrogens is 1. The van der Waals surface area contributed by atoms with Crippen molar-refractivity contribution in [3.8, 4) is 17.1 Å². The number of carbonyl (C=O) groups excluding carboxylic acids is 1. The molecule has 4 aromatic rings. The number of ether oxygens (including phenoxy) is 2. The molecule has 7 nitrogen and oxygen atoms in total. The van der Waals surface area contributed by atoms with Gasteiger partial charge in [-0.15, -0.1) is 10.2 Å². The zero-order valence-corrected chi connectivity index (χ0v) is 20.4. The van der Waals surface area contributed by atoms with Gasteiger partial charge in [-0.3, -0.25) is 9.36 Å². The number of aromatic amines is 1. The van der Waals surface area contributed by atoms with Gasteiger partial charge in [0.05, 0.1) is 25.0 Å².